The predicted molar refractivity (Wildman–Crippen MR) is 58.0 cm³/mol. The van der Waals surface area contributed by atoms with Crippen LogP contribution in [0.2, 0.25) is 0 Å². The zero-order valence-electron chi connectivity index (χ0n) is 8.85. The number of unbranched alkanes of at least 4 members (excludes halogenated alkanes) is 2. The summed E-state index contributed by atoms with van der Waals surface area (Å²) < 4.78 is 18.1. The Morgan fingerprint density at radius 2 is 2.33 bits per heavy atom. The van der Waals surface area contributed by atoms with Crippen molar-refractivity contribution in [3.63, 3.8) is 0 Å². The highest BCUT2D eigenvalue weighted by Gasteiger charge is 1.99. The Hall–Kier alpha value is -1.49. The number of benzene rings is 1. The lowest BCUT2D eigenvalue weighted by molar-refractivity contribution is 0.347. The Morgan fingerprint density at radius 1 is 1.47 bits per heavy atom. The summed E-state index contributed by atoms with van der Waals surface area (Å²) in [4.78, 5) is 0. The molecule has 0 N–H and O–H groups in total. The summed E-state index contributed by atoms with van der Waals surface area (Å²) in [7, 11) is 0. The van der Waals surface area contributed by atoms with E-state index in [-0.39, 0.29) is 12.4 Å². The maximum atomic E-state index is 13.0. The van der Waals surface area contributed by atoms with E-state index in [2.05, 4.69) is 24.8 Å². The number of hydrogen-bond donors (Lipinski definition) is 0. The largest absolute Gasteiger partial charge is 0.478 e. The van der Waals surface area contributed by atoms with E-state index in [4.69, 9.17) is 4.74 Å². The molecule has 1 rings (SSSR count). The zero-order chi connectivity index (χ0) is 10.9. The molecule has 0 aliphatic carbocycles. The highest BCUT2D eigenvalue weighted by Crippen LogP contribution is 2.14. The third-order valence-electron chi connectivity index (χ3n) is 1.85. The molecule has 1 aromatic rings. The van der Waals surface area contributed by atoms with Crippen LogP contribution in [0.3, 0.4) is 0 Å². The van der Waals surface area contributed by atoms with Crippen LogP contribution in [0.15, 0.2) is 18.2 Å². The molecule has 15 heavy (non-hydrogen) atoms. The lowest BCUT2D eigenvalue weighted by Gasteiger charge is -2.01. The molecule has 79 valence electrons. The molecule has 0 saturated carbocycles. The second-order valence-electron chi connectivity index (χ2n) is 3.09. The van der Waals surface area contributed by atoms with E-state index in [9.17, 15) is 4.39 Å². The third-order valence-corrected chi connectivity index (χ3v) is 1.85. The molecule has 0 aliphatic heterocycles. The monoisotopic (exact) mass is 205 g/mol. The fourth-order valence-electron chi connectivity index (χ4n) is 1.03. The van der Waals surface area contributed by atoms with Crippen molar-refractivity contribution in [1.82, 2.24) is 0 Å². The van der Waals surface area contributed by atoms with Gasteiger partial charge in [-0.2, -0.15) is 0 Å². The number of hydrogen-bond acceptors (Lipinski definition) is 1. The molecule has 0 unspecified atom stereocenters. The average Bonchev–Trinajstić information content (AvgIpc) is 2.25. The van der Waals surface area contributed by atoms with Gasteiger partial charge in [0.05, 0.1) is 0 Å². The van der Waals surface area contributed by atoms with Gasteiger partial charge in [-0.05, 0) is 12.5 Å². The Bertz CT molecular complexity index is 349. The Balaban J connectivity index is 2.30. The SMILES string of the molecule is CCCCC#CCOc1ccc[c]c1F. The van der Waals surface area contributed by atoms with E-state index < -0.39 is 5.82 Å². The summed E-state index contributed by atoms with van der Waals surface area (Å²) in [5.74, 6) is 5.56. The van der Waals surface area contributed by atoms with Crippen molar-refractivity contribution < 1.29 is 9.13 Å². The standard InChI is InChI=1S/C13H14FO/c1-2-3-4-5-8-11-15-13-10-7-6-9-12(13)14/h6-7,10H,2-4,11H2,1H3. The summed E-state index contributed by atoms with van der Waals surface area (Å²) in [6.07, 6.45) is 3.11. The summed E-state index contributed by atoms with van der Waals surface area (Å²) in [6.45, 7) is 2.35. The van der Waals surface area contributed by atoms with Gasteiger partial charge >= 0.3 is 0 Å². The van der Waals surface area contributed by atoms with Crippen molar-refractivity contribution in [2.75, 3.05) is 6.61 Å². The number of ether oxygens (including phenoxy) is 1. The van der Waals surface area contributed by atoms with Gasteiger partial charge in [0, 0.05) is 12.5 Å². The van der Waals surface area contributed by atoms with Crippen LogP contribution in [0.25, 0.3) is 0 Å². The van der Waals surface area contributed by atoms with Crippen LogP contribution >= 0.6 is 0 Å². The first-order valence-electron chi connectivity index (χ1n) is 5.09. The van der Waals surface area contributed by atoms with Gasteiger partial charge < -0.3 is 4.74 Å². The van der Waals surface area contributed by atoms with Gasteiger partial charge in [0.2, 0.25) is 0 Å². The smallest absolute Gasteiger partial charge is 0.173 e. The van der Waals surface area contributed by atoms with Crippen LogP contribution in [0, 0.1) is 23.7 Å². The fourth-order valence-corrected chi connectivity index (χ4v) is 1.03. The maximum Gasteiger partial charge on any atom is 0.173 e. The van der Waals surface area contributed by atoms with Gasteiger partial charge in [0.1, 0.15) is 6.61 Å². The van der Waals surface area contributed by atoms with Crippen LogP contribution in [0.1, 0.15) is 26.2 Å². The molecular formula is C13H14FO. The molecule has 1 radical (unpaired) electrons. The quantitative estimate of drug-likeness (QED) is 0.541. The lowest BCUT2D eigenvalue weighted by Crippen LogP contribution is -1.96. The van der Waals surface area contributed by atoms with E-state index in [1.807, 2.05) is 0 Å². The van der Waals surface area contributed by atoms with E-state index in [1.54, 1.807) is 12.1 Å². The lowest BCUT2D eigenvalue weighted by atomic mass is 10.2. The molecule has 0 atom stereocenters. The minimum Gasteiger partial charge on any atom is -0.478 e. The van der Waals surface area contributed by atoms with E-state index in [1.165, 1.54) is 6.07 Å². The van der Waals surface area contributed by atoms with Crippen LogP contribution < -0.4 is 4.74 Å². The molecule has 0 fully saturated rings. The molecule has 1 aromatic carbocycles. The van der Waals surface area contributed by atoms with Gasteiger partial charge in [-0.25, -0.2) is 4.39 Å². The van der Waals surface area contributed by atoms with Crippen molar-refractivity contribution in [3.8, 4) is 17.6 Å². The minimum absolute atomic E-state index is 0.210. The van der Waals surface area contributed by atoms with Crippen molar-refractivity contribution in [2.45, 2.75) is 26.2 Å². The maximum absolute atomic E-state index is 13.0. The van der Waals surface area contributed by atoms with Crippen molar-refractivity contribution in [3.05, 3.63) is 30.1 Å². The van der Waals surface area contributed by atoms with Crippen molar-refractivity contribution >= 4 is 0 Å². The van der Waals surface area contributed by atoms with Crippen LogP contribution in [0.5, 0.6) is 5.75 Å². The van der Waals surface area contributed by atoms with Gasteiger partial charge in [-0.3, -0.25) is 0 Å². The van der Waals surface area contributed by atoms with Crippen LogP contribution in [-0.2, 0) is 0 Å². The molecule has 0 aromatic heterocycles. The first kappa shape index (κ1) is 11.6. The second-order valence-corrected chi connectivity index (χ2v) is 3.09. The van der Waals surface area contributed by atoms with Gasteiger partial charge in [-0.15, -0.1) is 0 Å². The summed E-state index contributed by atoms with van der Waals surface area (Å²) in [5.41, 5.74) is 0. The molecular weight excluding hydrogens is 191 g/mol. The molecule has 2 heteroatoms. The molecule has 0 aliphatic rings. The first-order valence-corrected chi connectivity index (χ1v) is 5.09. The molecule has 0 spiro atoms. The normalized spacial score (nSPS) is 9.20. The predicted octanol–water partition coefficient (Wildman–Crippen LogP) is 3.20. The molecule has 0 amide bonds. The third kappa shape index (κ3) is 4.51. The van der Waals surface area contributed by atoms with Gasteiger partial charge in [-0.1, -0.05) is 37.3 Å². The molecule has 0 heterocycles. The highest BCUT2D eigenvalue weighted by atomic mass is 19.1. The number of rotatable bonds is 4. The summed E-state index contributed by atoms with van der Waals surface area (Å²) in [5, 5.41) is 0. The highest BCUT2D eigenvalue weighted by molar-refractivity contribution is 5.23. The van der Waals surface area contributed by atoms with E-state index in [0.29, 0.717) is 0 Å². The van der Waals surface area contributed by atoms with Crippen LogP contribution in [-0.4, -0.2) is 6.61 Å². The second kappa shape index (κ2) is 6.89. The Labute approximate surface area is 90.3 Å². The van der Waals surface area contributed by atoms with Crippen molar-refractivity contribution in [2.24, 2.45) is 0 Å². The fraction of sp³-hybridized carbons (Fsp3) is 0.385. The average molecular weight is 205 g/mol. The van der Waals surface area contributed by atoms with Gasteiger partial charge in [0.15, 0.2) is 11.6 Å². The summed E-state index contributed by atoms with van der Waals surface area (Å²) >= 11 is 0. The topological polar surface area (TPSA) is 9.23 Å². The molecule has 1 nitrogen and oxygen atoms in total. The first-order chi connectivity index (χ1) is 7.34. The van der Waals surface area contributed by atoms with Gasteiger partial charge in [0.25, 0.3) is 0 Å². The Morgan fingerprint density at radius 3 is 3.07 bits per heavy atom. The molecule has 0 bridgehead atoms. The molecule has 0 saturated heterocycles. The number of halogens is 1. The van der Waals surface area contributed by atoms with Crippen molar-refractivity contribution in [1.29, 1.82) is 0 Å². The van der Waals surface area contributed by atoms with E-state index in [0.717, 1.165) is 19.3 Å². The Kier molecular flexibility index (Phi) is 5.32. The zero-order valence-corrected chi connectivity index (χ0v) is 8.85. The van der Waals surface area contributed by atoms with Crippen LogP contribution in [0.4, 0.5) is 4.39 Å². The minimum atomic E-state index is -0.465. The summed E-state index contributed by atoms with van der Waals surface area (Å²) in [6, 6.07) is 7.18. The van der Waals surface area contributed by atoms with E-state index >= 15 is 0 Å².